The lowest BCUT2D eigenvalue weighted by molar-refractivity contribution is -0.384. The van der Waals surface area contributed by atoms with E-state index in [1.54, 1.807) is 6.07 Å². The van der Waals surface area contributed by atoms with Crippen molar-refractivity contribution in [1.29, 1.82) is 0 Å². The van der Waals surface area contributed by atoms with Crippen molar-refractivity contribution in [3.05, 3.63) is 64.2 Å². The van der Waals surface area contributed by atoms with Gasteiger partial charge in [0.05, 0.1) is 22.7 Å². The number of nitro groups is 1. The summed E-state index contributed by atoms with van der Waals surface area (Å²) < 4.78 is 0. The zero-order valence-corrected chi connectivity index (χ0v) is 14.7. The number of nitrogens with one attached hydrogen (secondary N) is 1. The number of rotatable bonds is 5. The maximum absolute atomic E-state index is 12.4. The van der Waals surface area contributed by atoms with Crippen molar-refractivity contribution in [1.82, 2.24) is 4.90 Å². The number of likely N-dealkylation sites (N-methyl/N-ethyl adjacent to an activating group) is 1. The van der Waals surface area contributed by atoms with Gasteiger partial charge in [-0.05, 0) is 18.7 Å². The average Bonchev–Trinajstić information content (AvgIpc) is 2.63. The van der Waals surface area contributed by atoms with Gasteiger partial charge in [-0.25, -0.2) is 0 Å². The van der Waals surface area contributed by atoms with Crippen molar-refractivity contribution in [2.24, 2.45) is 0 Å². The second-order valence-corrected chi connectivity index (χ2v) is 6.46. The molecule has 0 radical (unpaired) electrons. The summed E-state index contributed by atoms with van der Waals surface area (Å²) in [6.07, 6.45) is 0.228. The molecule has 3 rings (SSSR count). The van der Waals surface area contributed by atoms with Crippen molar-refractivity contribution in [3.8, 4) is 0 Å². The topological polar surface area (TPSA) is 78.7 Å². The fourth-order valence-corrected chi connectivity index (χ4v) is 3.04. The summed E-state index contributed by atoms with van der Waals surface area (Å²) in [7, 11) is 2.07. The van der Waals surface area contributed by atoms with Crippen LogP contribution in [-0.2, 0) is 11.2 Å². The molecule has 1 saturated heterocycles. The predicted molar refractivity (Wildman–Crippen MR) is 102 cm³/mol. The highest BCUT2D eigenvalue weighted by molar-refractivity contribution is 5.96. The van der Waals surface area contributed by atoms with Gasteiger partial charge >= 0.3 is 0 Å². The number of nitrogens with zero attached hydrogens (tertiary/aromatic N) is 3. The predicted octanol–water partition coefficient (Wildman–Crippen LogP) is 2.53. The zero-order chi connectivity index (χ0) is 18.5. The molecule has 136 valence electrons. The molecular formula is C19H22N4O3. The van der Waals surface area contributed by atoms with E-state index in [-0.39, 0.29) is 18.0 Å². The lowest BCUT2D eigenvalue weighted by Crippen LogP contribution is -2.44. The van der Waals surface area contributed by atoms with Gasteiger partial charge in [0.25, 0.3) is 5.69 Å². The molecule has 7 nitrogen and oxygen atoms in total. The first-order valence-electron chi connectivity index (χ1n) is 8.58. The Morgan fingerprint density at radius 2 is 1.81 bits per heavy atom. The summed E-state index contributed by atoms with van der Waals surface area (Å²) in [4.78, 5) is 27.5. The van der Waals surface area contributed by atoms with Crippen LogP contribution in [0.3, 0.4) is 0 Å². The molecular weight excluding hydrogens is 332 g/mol. The van der Waals surface area contributed by atoms with Crippen LogP contribution in [-0.4, -0.2) is 49.0 Å². The SMILES string of the molecule is CN1CCN(c2ccc([N+](=O)[O-])cc2NC(=O)Cc2ccccc2)CC1. The Hall–Kier alpha value is -2.93. The maximum atomic E-state index is 12.4. The van der Waals surface area contributed by atoms with E-state index in [0.717, 1.165) is 37.4 Å². The summed E-state index contributed by atoms with van der Waals surface area (Å²) in [5.74, 6) is -0.188. The normalized spacial score (nSPS) is 14.9. The molecule has 7 heteroatoms. The van der Waals surface area contributed by atoms with Gasteiger partial charge in [-0.1, -0.05) is 30.3 Å². The number of carbonyl (C=O) groups excluding carboxylic acids is 1. The van der Waals surface area contributed by atoms with E-state index in [1.807, 2.05) is 30.3 Å². The molecule has 2 aromatic carbocycles. The van der Waals surface area contributed by atoms with Crippen LogP contribution < -0.4 is 10.2 Å². The third-order valence-electron chi connectivity index (χ3n) is 4.52. The highest BCUT2D eigenvalue weighted by Gasteiger charge is 2.20. The largest absolute Gasteiger partial charge is 0.367 e. The van der Waals surface area contributed by atoms with Crippen LogP contribution in [0, 0.1) is 10.1 Å². The molecule has 2 aromatic rings. The first-order chi connectivity index (χ1) is 12.5. The monoisotopic (exact) mass is 354 g/mol. The van der Waals surface area contributed by atoms with Gasteiger partial charge < -0.3 is 15.1 Å². The number of hydrogen-bond acceptors (Lipinski definition) is 5. The number of carbonyl (C=O) groups is 1. The van der Waals surface area contributed by atoms with Crippen LogP contribution in [0.4, 0.5) is 17.1 Å². The number of hydrogen-bond donors (Lipinski definition) is 1. The van der Waals surface area contributed by atoms with Crippen molar-refractivity contribution in [3.63, 3.8) is 0 Å². The fourth-order valence-electron chi connectivity index (χ4n) is 3.04. The lowest BCUT2D eigenvalue weighted by Gasteiger charge is -2.35. The molecule has 1 amide bonds. The van der Waals surface area contributed by atoms with E-state index in [4.69, 9.17) is 0 Å². The van der Waals surface area contributed by atoms with Gasteiger partial charge in [0.15, 0.2) is 0 Å². The van der Waals surface area contributed by atoms with Gasteiger partial charge in [0, 0.05) is 38.3 Å². The molecule has 0 unspecified atom stereocenters. The van der Waals surface area contributed by atoms with Crippen LogP contribution in [0.15, 0.2) is 48.5 Å². The summed E-state index contributed by atoms with van der Waals surface area (Å²) >= 11 is 0. The van der Waals surface area contributed by atoms with Crippen LogP contribution in [0.25, 0.3) is 0 Å². The first kappa shape index (κ1) is 17.9. The highest BCUT2D eigenvalue weighted by Crippen LogP contribution is 2.31. The van der Waals surface area contributed by atoms with Gasteiger partial charge in [-0.3, -0.25) is 14.9 Å². The van der Waals surface area contributed by atoms with Crippen LogP contribution in [0.1, 0.15) is 5.56 Å². The van der Waals surface area contributed by atoms with Crippen LogP contribution in [0.2, 0.25) is 0 Å². The summed E-state index contributed by atoms with van der Waals surface area (Å²) in [5, 5.41) is 14.0. The molecule has 1 heterocycles. The minimum atomic E-state index is -0.444. The first-order valence-corrected chi connectivity index (χ1v) is 8.58. The molecule has 1 aliphatic rings. The fraction of sp³-hybridized carbons (Fsp3) is 0.316. The smallest absolute Gasteiger partial charge is 0.271 e. The summed E-state index contributed by atoms with van der Waals surface area (Å²) in [5.41, 5.74) is 2.18. The van der Waals surface area contributed by atoms with E-state index in [9.17, 15) is 14.9 Å². The Morgan fingerprint density at radius 1 is 1.12 bits per heavy atom. The molecule has 0 atom stereocenters. The number of piperazine rings is 1. The molecule has 0 aliphatic carbocycles. The van der Waals surface area contributed by atoms with E-state index in [0.29, 0.717) is 5.69 Å². The number of amides is 1. The van der Waals surface area contributed by atoms with E-state index >= 15 is 0 Å². The highest BCUT2D eigenvalue weighted by atomic mass is 16.6. The number of non-ortho nitro benzene ring substituents is 1. The summed E-state index contributed by atoms with van der Waals surface area (Å²) in [6, 6.07) is 14.1. The number of benzene rings is 2. The van der Waals surface area contributed by atoms with E-state index in [1.165, 1.54) is 12.1 Å². The van der Waals surface area contributed by atoms with E-state index in [2.05, 4.69) is 22.2 Å². The maximum Gasteiger partial charge on any atom is 0.271 e. The van der Waals surface area contributed by atoms with Crippen molar-refractivity contribution >= 4 is 23.0 Å². The second kappa shape index (κ2) is 7.97. The third kappa shape index (κ3) is 4.37. The summed E-state index contributed by atoms with van der Waals surface area (Å²) in [6.45, 7) is 3.45. The van der Waals surface area contributed by atoms with Gasteiger partial charge in [-0.15, -0.1) is 0 Å². The standard InChI is InChI=1S/C19H22N4O3/c1-21-9-11-22(12-10-21)18-8-7-16(23(25)26)14-17(18)20-19(24)13-15-5-3-2-4-6-15/h2-8,14H,9-13H2,1H3,(H,20,24). The van der Waals surface area contributed by atoms with Crippen molar-refractivity contribution < 1.29 is 9.72 Å². The molecule has 1 N–H and O–H groups in total. The Bertz CT molecular complexity index is 787. The second-order valence-electron chi connectivity index (χ2n) is 6.46. The molecule has 0 aromatic heterocycles. The molecule has 26 heavy (non-hydrogen) atoms. The molecule has 0 bridgehead atoms. The van der Waals surface area contributed by atoms with Gasteiger partial charge in [0.1, 0.15) is 0 Å². The Kier molecular flexibility index (Phi) is 5.48. The third-order valence-corrected chi connectivity index (χ3v) is 4.52. The van der Waals surface area contributed by atoms with Crippen LogP contribution in [0.5, 0.6) is 0 Å². The Labute approximate surface area is 152 Å². The molecule has 1 aliphatic heterocycles. The minimum absolute atomic E-state index is 0.0297. The number of anilines is 2. The van der Waals surface area contributed by atoms with Gasteiger partial charge in [0.2, 0.25) is 5.91 Å². The number of nitro benzene ring substituents is 1. The van der Waals surface area contributed by atoms with Crippen molar-refractivity contribution in [2.75, 3.05) is 43.4 Å². The van der Waals surface area contributed by atoms with Gasteiger partial charge in [-0.2, -0.15) is 0 Å². The molecule has 1 fully saturated rings. The molecule has 0 saturated carbocycles. The Morgan fingerprint density at radius 3 is 2.46 bits per heavy atom. The molecule has 0 spiro atoms. The average molecular weight is 354 g/mol. The Balaban J connectivity index is 1.81. The zero-order valence-electron chi connectivity index (χ0n) is 14.7. The quantitative estimate of drug-likeness (QED) is 0.659. The van der Waals surface area contributed by atoms with Crippen LogP contribution >= 0.6 is 0 Å². The van der Waals surface area contributed by atoms with E-state index < -0.39 is 4.92 Å². The lowest BCUT2D eigenvalue weighted by atomic mass is 10.1. The van der Waals surface area contributed by atoms with Crippen molar-refractivity contribution in [2.45, 2.75) is 6.42 Å². The minimum Gasteiger partial charge on any atom is -0.367 e.